The molecule has 0 bridgehead atoms. The molecule has 28 heavy (non-hydrogen) atoms. The SMILES string of the molecule is Cc1cccnc1N1CCN(C(=O)NC[C@H]2CC(=O)N(C3CCCC3)C2)CC1. The number of carbonyl (C=O) groups excluding carboxylic acids is 2. The smallest absolute Gasteiger partial charge is 0.317 e. The maximum absolute atomic E-state index is 12.6. The highest BCUT2D eigenvalue weighted by atomic mass is 16.2. The Hall–Kier alpha value is -2.31. The fourth-order valence-corrected chi connectivity index (χ4v) is 4.79. The van der Waals surface area contributed by atoms with Gasteiger partial charge in [-0.05, 0) is 31.4 Å². The van der Waals surface area contributed by atoms with Gasteiger partial charge in [-0.15, -0.1) is 0 Å². The Balaban J connectivity index is 1.22. The van der Waals surface area contributed by atoms with Gasteiger partial charge in [0.25, 0.3) is 0 Å². The molecule has 4 rings (SSSR count). The lowest BCUT2D eigenvalue weighted by Gasteiger charge is -2.36. The molecule has 152 valence electrons. The number of hydrogen-bond acceptors (Lipinski definition) is 4. The van der Waals surface area contributed by atoms with Gasteiger partial charge in [0, 0.05) is 63.8 Å². The molecular weight excluding hydrogens is 354 g/mol. The second kappa shape index (κ2) is 8.37. The quantitative estimate of drug-likeness (QED) is 0.861. The molecule has 3 heterocycles. The van der Waals surface area contributed by atoms with Gasteiger partial charge in [-0.25, -0.2) is 9.78 Å². The van der Waals surface area contributed by atoms with E-state index >= 15 is 0 Å². The van der Waals surface area contributed by atoms with Gasteiger partial charge in [-0.3, -0.25) is 4.79 Å². The lowest BCUT2D eigenvalue weighted by atomic mass is 10.1. The summed E-state index contributed by atoms with van der Waals surface area (Å²) >= 11 is 0. The number of rotatable bonds is 4. The molecule has 2 saturated heterocycles. The zero-order valence-electron chi connectivity index (χ0n) is 16.8. The summed E-state index contributed by atoms with van der Waals surface area (Å²) < 4.78 is 0. The minimum Gasteiger partial charge on any atom is -0.353 e. The zero-order valence-corrected chi connectivity index (χ0v) is 16.8. The van der Waals surface area contributed by atoms with Crippen molar-refractivity contribution in [3.63, 3.8) is 0 Å². The van der Waals surface area contributed by atoms with Crippen molar-refractivity contribution in [2.45, 2.75) is 45.1 Å². The van der Waals surface area contributed by atoms with Crippen molar-refractivity contribution in [1.82, 2.24) is 20.1 Å². The molecule has 2 aliphatic heterocycles. The average Bonchev–Trinajstić information content (AvgIpc) is 3.36. The van der Waals surface area contributed by atoms with E-state index < -0.39 is 0 Å². The van der Waals surface area contributed by atoms with Crippen LogP contribution in [-0.2, 0) is 4.79 Å². The monoisotopic (exact) mass is 385 g/mol. The standard InChI is InChI=1S/C21H31N5O2/c1-16-5-4-8-22-20(16)24-9-11-25(12-10-24)21(28)23-14-17-13-19(27)26(15-17)18-6-2-3-7-18/h4-5,8,17-18H,2-3,6-7,9-15H2,1H3,(H,23,28)/t17-/m1/s1. The number of nitrogens with one attached hydrogen (secondary N) is 1. The summed E-state index contributed by atoms with van der Waals surface area (Å²) in [5.74, 6) is 1.53. The van der Waals surface area contributed by atoms with E-state index in [2.05, 4.69) is 33.1 Å². The molecule has 7 heteroatoms. The molecule has 1 aromatic heterocycles. The maximum Gasteiger partial charge on any atom is 0.317 e. The van der Waals surface area contributed by atoms with E-state index in [-0.39, 0.29) is 17.9 Å². The van der Waals surface area contributed by atoms with E-state index in [1.807, 2.05) is 17.2 Å². The van der Waals surface area contributed by atoms with Gasteiger partial charge in [0.2, 0.25) is 5.91 Å². The molecule has 1 N–H and O–H groups in total. The van der Waals surface area contributed by atoms with Crippen LogP contribution in [0.1, 0.15) is 37.7 Å². The van der Waals surface area contributed by atoms with Crippen LogP contribution in [0.2, 0.25) is 0 Å². The third kappa shape index (κ3) is 4.08. The number of piperazine rings is 1. The summed E-state index contributed by atoms with van der Waals surface area (Å²) in [6.07, 6.45) is 7.15. The Labute approximate surface area is 167 Å². The lowest BCUT2D eigenvalue weighted by Crippen LogP contribution is -2.52. The Morgan fingerprint density at radius 2 is 1.96 bits per heavy atom. The fraction of sp³-hybridized carbons (Fsp3) is 0.667. The molecule has 0 radical (unpaired) electrons. The molecule has 1 atom stereocenters. The van der Waals surface area contributed by atoms with Crippen molar-refractivity contribution in [2.75, 3.05) is 44.2 Å². The summed E-state index contributed by atoms with van der Waals surface area (Å²) in [6, 6.07) is 4.45. The molecule has 7 nitrogen and oxygen atoms in total. The van der Waals surface area contributed by atoms with Crippen LogP contribution in [0.25, 0.3) is 0 Å². The number of aryl methyl sites for hydroxylation is 1. The predicted octanol–water partition coefficient (Wildman–Crippen LogP) is 2.01. The number of pyridine rings is 1. The number of hydrogen-bond donors (Lipinski definition) is 1. The second-order valence-electron chi connectivity index (χ2n) is 8.36. The highest BCUT2D eigenvalue weighted by Gasteiger charge is 2.35. The van der Waals surface area contributed by atoms with Gasteiger partial charge in [-0.2, -0.15) is 0 Å². The highest BCUT2D eigenvalue weighted by molar-refractivity contribution is 5.79. The molecule has 0 aromatic carbocycles. The third-order valence-electron chi connectivity index (χ3n) is 6.39. The molecule has 1 aromatic rings. The normalized spacial score (nSPS) is 23.5. The second-order valence-corrected chi connectivity index (χ2v) is 8.36. The van der Waals surface area contributed by atoms with Gasteiger partial charge >= 0.3 is 6.03 Å². The molecule has 0 unspecified atom stereocenters. The Morgan fingerprint density at radius 1 is 1.21 bits per heavy atom. The van der Waals surface area contributed by atoms with Crippen LogP contribution in [-0.4, -0.2) is 72.0 Å². The van der Waals surface area contributed by atoms with Crippen LogP contribution in [0.3, 0.4) is 0 Å². The van der Waals surface area contributed by atoms with Crippen LogP contribution in [0.4, 0.5) is 10.6 Å². The number of urea groups is 1. The molecule has 3 fully saturated rings. The van der Waals surface area contributed by atoms with Crippen LogP contribution in [0.15, 0.2) is 18.3 Å². The topological polar surface area (TPSA) is 68.8 Å². The Kier molecular flexibility index (Phi) is 5.69. The van der Waals surface area contributed by atoms with E-state index in [9.17, 15) is 9.59 Å². The van der Waals surface area contributed by atoms with Crippen molar-refractivity contribution >= 4 is 17.8 Å². The van der Waals surface area contributed by atoms with Crippen LogP contribution >= 0.6 is 0 Å². The predicted molar refractivity (Wildman–Crippen MR) is 108 cm³/mol. The summed E-state index contributed by atoms with van der Waals surface area (Å²) in [5, 5.41) is 3.07. The van der Waals surface area contributed by atoms with E-state index in [4.69, 9.17) is 0 Å². The van der Waals surface area contributed by atoms with E-state index in [1.54, 1.807) is 0 Å². The molecule has 3 amide bonds. The Bertz CT molecular complexity index is 711. The van der Waals surface area contributed by atoms with Crippen molar-refractivity contribution < 1.29 is 9.59 Å². The van der Waals surface area contributed by atoms with Gasteiger partial charge in [-0.1, -0.05) is 18.9 Å². The molecule has 1 saturated carbocycles. The molecule has 0 spiro atoms. The first-order valence-electron chi connectivity index (χ1n) is 10.6. The van der Waals surface area contributed by atoms with E-state index in [1.165, 1.54) is 12.8 Å². The number of nitrogens with zero attached hydrogens (tertiary/aromatic N) is 4. The number of carbonyl (C=O) groups is 2. The molecular formula is C21H31N5O2. The van der Waals surface area contributed by atoms with E-state index in [0.29, 0.717) is 32.1 Å². The number of amides is 3. The van der Waals surface area contributed by atoms with Gasteiger partial charge < -0.3 is 20.0 Å². The average molecular weight is 386 g/mol. The number of anilines is 1. The Morgan fingerprint density at radius 3 is 2.68 bits per heavy atom. The lowest BCUT2D eigenvalue weighted by molar-refractivity contribution is -0.129. The molecule has 3 aliphatic rings. The maximum atomic E-state index is 12.6. The van der Waals surface area contributed by atoms with Gasteiger partial charge in [0.1, 0.15) is 5.82 Å². The van der Waals surface area contributed by atoms with Crippen molar-refractivity contribution in [1.29, 1.82) is 0 Å². The summed E-state index contributed by atoms with van der Waals surface area (Å²) in [5.41, 5.74) is 1.16. The first kappa shape index (κ1) is 19.0. The number of aromatic nitrogens is 1. The van der Waals surface area contributed by atoms with Crippen LogP contribution in [0, 0.1) is 12.8 Å². The van der Waals surface area contributed by atoms with Crippen molar-refractivity contribution in [2.24, 2.45) is 5.92 Å². The largest absolute Gasteiger partial charge is 0.353 e. The van der Waals surface area contributed by atoms with Crippen molar-refractivity contribution in [3.8, 4) is 0 Å². The first-order valence-corrected chi connectivity index (χ1v) is 10.6. The molecule has 1 aliphatic carbocycles. The van der Waals surface area contributed by atoms with Crippen LogP contribution < -0.4 is 10.2 Å². The minimum absolute atomic E-state index is 0.0100. The first-order chi connectivity index (χ1) is 13.6. The van der Waals surface area contributed by atoms with Gasteiger partial charge in [0.05, 0.1) is 0 Å². The third-order valence-corrected chi connectivity index (χ3v) is 6.39. The van der Waals surface area contributed by atoms with Crippen molar-refractivity contribution in [3.05, 3.63) is 23.9 Å². The summed E-state index contributed by atoms with van der Waals surface area (Å²) in [4.78, 5) is 35.5. The van der Waals surface area contributed by atoms with E-state index in [0.717, 1.165) is 43.9 Å². The fourth-order valence-electron chi connectivity index (χ4n) is 4.79. The zero-order chi connectivity index (χ0) is 19.5. The number of likely N-dealkylation sites (tertiary alicyclic amines) is 1. The summed E-state index contributed by atoms with van der Waals surface area (Å²) in [6.45, 7) is 6.44. The summed E-state index contributed by atoms with van der Waals surface area (Å²) in [7, 11) is 0. The van der Waals surface area contributed by atoms with Crippen LogP contribution in [0.5, 0.6) is 0 Å². The van der Waals surface area contributed by atoms with Gasteiger partial charge in [0.15, 0.2) is 0 Å². The highest BCUT2D eigenvalue weighted by Crippen LogP contribution is 2.29. The minimum atomic E-state index is -0.0100.